The number of ether oxygens (including phenoxy) is 1. The molecular weight excluding hydrogens is 184 g/mol. The van der Waals surface area contributed by atoms with Crippen LogP contribution in [0.4, 0.5) is 0 Å². The molecule has 2 amide bonds. The molecule has 1 N–H and O–H groups in total. The van der Waals surface area contributed by atoms with Gasteiger partial charge in [-0.25, -0.2) is 0 Å². The second-order valence-electron chi connectivity index (χ2n) is 3.49. The summed E-state index contributed by atoms with van der Waals surface area (Å²) in [7, 11) is 1.59. The summed E-state index contributed by atoms with van der Waals surface area (Å²) < 4.78 is 5.06. The van der Waals surface area contributed by atoms with Gasteiger partial charge in [-0.15, -0.1) is 0 Å². The van der Waals surface area contributed by atoms with E-state index in [-0.39, 0.29) is 24.5 Å². The van der Waals surface area contributed by atoms with Gasteiger partial charge >= 0.3 is 0 Å². The van der Waals surface area contributed by atoms with Crippen LogP contribution in [0.25, 0.3) is 0 Å². The fraction of sp³-hybridized carbons (Fsp3) is 0.778. The first-order valence-electron chi connectivity index (χ1n) is 4.66. The van der Waals surface area contributed by atoms with Crippen molar-refractivity contribution in [3.05, 3.63) is 0 Å². The van der Waals surface area contributed by atoms with E-state index in [1.807, 2.05) is 6.92 Å². The Labute approximate surface area is 83.4 Å². The minimum Gasteiger partial charge on any atom is -0.380 e. The average molecular weight is 200 g/mol. The molecule has 5 heteroatoms. The predicted molar refractivity (Wildman–Crippen MR) is 50.7 cm³/mol. The lowest BCUT2D eigenvalue weighted by atomic mass is 10.2. The van der Waals surface area contributed by atoms with Gasteiger partial charge in [-0.05, 0) is 13.8 Å². The minimum atomic E-state index is -0.395. The first kappa shape index (κ1) is 11.0. The lowest BCUT2D eigenvalue weighted by molar-refractivity contribution is -0.146. The van der Waals surface area contributed by atoms with Crippen molar-refractivity contribution in [1.29, 1.82) is 0 Å². The molecule has 0 aromatic heterocycles. The second-order valence-corrected chi connectivity index (χ2v) is 3.49. The molecule has 0 aliphatic carbocycles. The van der Waals surface area contributed by atoms with Crippen molar-refractivity contribution in [3.8, 4) is 0 Å². The Morgan fingerprint density at radius 2 is 2.29 bits per heavy atom. The van der Waals surface area contributed by atoms with Gasteiger partial charge in [0.1, 0.15) is 6.04 Å². The van der Waals surface area contributed by atoms with Crippen LogP contribution in [0.15, 0.2) is 0 Å². The number of carbonyl (C=O) groups is 2. The Bertz CT molecular complexity index is 242. The van der Waals surface area contributed by atoms with Gasteiger partial charge in [0.25, 0.3) is 0 Å². The normalized spacial score (nSPS) is 24.8. The fourth-order valence-electron chi connectivity index (χ4n) is 1.38. The summed E-state index contributed by atoms with van der Waals surface area (Å²) in [6, 6.07) is -0.395. The van der Waals surface area contributed by atoms with Gasteiger partial charge in [0.2, 0.25) is 11.8 Å². The Hall–Kier alpha value is -1.10. The van der Waals surface area contributed by atoms with Gasteiger partial charge < -0.3 is 15.0 Å². The number of piperazine rings is 1. The van der Waals surface area contributed by atoms with Gasteiger partial charge in [0.15, 0.2) is 0 Å². The highest BCUT2D eigenvalue weighted by Gasteiger charge is 2.31. The summed E-state index contributed by atoms with van der Waals surface area (Å²) >= 11 is 0. The molecule has 1 rings (SSSR count). The third-order valence-electron chi connectivity index (χ3n) is 2.44. The first-order valence-corrected chi connectivity index (χ1v) is 4.66. The number of hydrogen-bond donors (Lipinski definition) is 1. The number of amides is 2. The number of methoxy groups -OCH3 is 1. The second kappa shape index (κ2) is 4.41. The monoisotopic (exact) mass is 200 g/mol. The predicted octanol–water partition coefficient (Wildman–Crippen LogP) is -0.632. The Balaban J connectivity index is 2.63. The van der Waals surface area contributed by atoms with Crippen LogP contribution in [0.1, 0.15) is 13.8 Å². The maximum atomic E-state index is 11.5. The maximum absolute atomic E-state index is 11.5. The molecule has 1 aliphatic heterocycles. The number of nitrogens with one attached hydrogen (secondary N) is 1. The van der Waals surface area contributed by atoms with Crippen molar-refractivity contribution in [1.82, 2.24) is 10.2 Å². The third kappa shape index (κ3) is 2.23. The van der Waals surface area contributed by atoms with E-state index in [1.54, 1.807) is 18.9 Å². The van der Waals surface area contributed by atoms with E-state index in [1.165, 1.54) is 0 Å². The van der Waals surface area contributed by atoms with Crippen LogP contribution in [0.5, 0.6) is 0 Å². The summed E-state index contributed by atoms with van der Waals surface area (Å²) in [5.74, 6) is -0.158. The van der Waals surface area contributed by atoms with Gasteiger partial charge in [0, 0.05) is 13.7 Å². The molecule has 80 valence electrons. The number of rotatable bonds is 3. The zero-order valence-electron chi connectivity index (χ0n) is 8.74. The van der Waals surface area contributed by atoms with E-state index >= 15 is 0 Å². The van der Waals surface area contributed by atoms with Crippen molar-refractivity contribution in [2.24, 2.45) is 0 Å². The van der Waals surface area contributed by atoms with Gasteiger partial charge in [-0.1, -0.05) is 0 Å². The average Bonchev–Trinajstić information content (AvgIpc) is 2.18. The highest BCUT2D eigenvalue weighted by molar-refractivity contribution is 5.94. The van der Waals surface area contributed by atoms with Crippen LogP contribution in [0.3, 0.4) is 0 Å². The van der Waals surface area contributed by atoms with Crippen molar-refractivity contribution in [2.45, 2.75) is 26.0 Å². The Morgan fingerprint density at radius 3 is 2.86 bits per heavy atom. The highest BCUT2D eigenvalue weighted by Crippen LogP contribution is 2.06. The molecule has 2 atom stereocenters. The van der Waals surface area contributed by atoms with E-state index in [4.69, 9.17) is 4.74 Å². The quantitative estimate of drug-likeness (QED) is 0.659. The molecule has 0 radical (unpaired) electrons. The van der Waals surface area contributed by atoms with Crippen LogP contribution >= 0.6 is 0 Å². The lowest BCUT2D eigenvalue weighted by Gasteiger charge is -2.34. The molecule has 0 spiro atoms. The van der Waals surface area contributed by atoms with Crippen molar-refractivity contribution < 1.29 is 14.3 Å². The van der Waals surface area contributed by atoms with Crippen LogP contribution < -0.4 is 5.32 Å². The summed E-state index contributed by atoms with van der Waals surface area (Å²) in [4.78, 5) is 24.3. The third-order valence-corrected chi connectivity index (χ3v) is 2.44. The molecule has 5 nitrogen and oxygen atoms in total. The van der Waals surface area contributed by atoms with Crippen LogP contribution in [0, 0.1) is 0 Å². The number of carbonyl (C=O) groups excluding carboxylic acids is 2. The van der Waals surface area contributed by atoms with Crippen LogP contribution in [-0.2, 0) is 14.3 Å². The zero-order valence-corrected chi connectivity index (χ0v) is 8.74. The first-order chi connectivity index (χ1) is 6.56. The fourth-order valence-corrected chi connectivity index (χ4v) is 1.38. The molecular formula is C9H16N2O3. The van der Waals surface area contributed by atoms with Crippen molar-refractivity contribution in [2.75, 3.05) is 20.2 Å². The van der Waals surface area contributed by atoms with E-state index in [9.17, 15) is 9.59 Å². The number of nitrogens with zero attached hydrogens (tertiary/aromatic N) is 1. The zero-order chi connectivity index (χ0) is 10.7. The Morgan fingerprint density at radius 1 is 1.64 bits per heavy atom. The largest absolute Gasteiger partial charge is 0.380 e. The molecule has 1 saturated heterocycles. The summed E-state index contributed by atoms with van der Waals surface area (Å²) in [5.41, 5.74) is 0. The minimum absolute atomic E-state index is 0.0488. The lowest BCUT2D eigenvalue weighted by Crippen LogP contribution is -2.58. The maximum Gasteiger partial charge on any atom is 0.242 e. The Kier molecular flexibility index (Phi) is 3.46. The molecule has 1 fully saturated rings. The smallest absolute Gasteiger partial charge is 0.242 e. The van der Waals surface area contributed by atoms with Crippen molar-refractivity contribution >= 4 is 11.8 Å². The SMILES string of the molecule is COC(C)CN1C(=O)CNC(=O)C1C. The summed E-state index contributed by atoms with van der Waals surface area (Å²) in [6.45, 7) is 4.14. The molecule has 0 saturated carbocycles. The van der Waals surface area contributed by atoms with E-state index in [2.05, 4.69) is 5.32 Å². The molecule has 14 heavy (non-hydrogen) atoms. The molecule has 0 aromatic carbocycles. The van der Waals surface area contributed by atoms with E-state index in [0.29, 0.717) is 6.54 Å². The van der Waals surface area contributed by atoms with Crippen LogP contribution in [-0.4, -0.2) is 49.1 Å². The van der Waals surface area contributed by atoms with Gasteiger partial charge in [0.05, 0.1) is 12.6 Å². The molecule has 2 unspecified atom stereocenters. The van der Waals surface area contributed by atoms with Crippen molar-refractivity contribution in [3.63, 3.8) is 0 Å². The van der Waals surface area contributed by atoms with Gasteiger partial charge in [-0.3, -0.25) is 9.59 Å². The summed E-state index contributed by atoms with van der Waals surface area (Å²) in [6.07, 6.45) is -0.0488. The molecule has 1 aliphatic rings. The van der Waals surface area contributed by atoms with Crippen LogP contribution in [0.2, 0.25) is 0 Å². The standard InChI is InChI=1S/C9H16N2O3/c1-6(14-3)5-11-7(2)9(13)10-4-8(11)12/h6-7H,4-5H2,1-3H3,(H,10,13). The molecule has 0 aromatic rings. The number of hydrogen-bond acceptors (Lipinski definition) is 3. The topological polar surface area (TPSA) is 58.6 Å². The van der Waals surface area contributed by atoms with Gasteiger partial charge in [-0.2, -0.15) is 0 Å². The summed E-state index contributed by atoms with van der Waals surface area (Å²) in [5, 5.41) is 2.53. The molecule has 0 bridgehead atoms. The van der Waals surface area contributed by atoms with E-state index < -0.39 is 6.04 Å². The molecule has 1 heterocycles. The highest BCUT2D eigenvalue weighted by atomic mass is 16.5. The van der Waals surface area contributed by atoms with E-state index in [0.717, 1.165) is 0 Å².